The number of rotatable bonds is 3. The fourth-order valence-corrected chi connectivity index (χ4v) is 1.13. The van der Waals surface area contributed by atoms with Crippen LogP contribution in [-0.4, -0.2) is 7.11 Å². The fraction of sp³-hybridized carbons (Fsp3) is 0.200. The first-order chi connectivity index (χ1) is 5.88. The van der Waals surface area contributed by atoms with Crippen LogP contribution in [0.5, 0.6) is 5.75 Å². The highest BCUT2D eigenvalue weighted by Gasteiger charge is 1.97. The smallest absolute Gasteiger partial charge is 0.122 e. The molecular weight excluding hydrogens is 172 g/mol. The van der Waals surface area contributed by atoms with Crippen molar-refractivity contribution in [3.8, 4) is 5.75 Å². The number of hydrogen-bond acceptors (Lipinski definition) is 1. The summed E-state index contributed by atoms with van der Waals surface area (Å²) in [7, 11) is 1.67. The van der Waals surface area contributed by atoms with Gasteiger partial charge >= 0.3 is 0 Å². The number of benzene rings is 1. The van der Waals surface area contributed by atoms with Crippen molar-refractivity contribution in [3.05, 3.63) is 41.4 Å². The lowest BCUT2D eigenvalue weighted by atomic mass is 10.1. The Hall–Kier alpha value is -0.950. The predicted octanol–water partition coefficient (Wildman–Crippen LogP) is 2.99. The van der Waals surface area contributed by atoms with Gasteiger partial charge in [-0.15, -0.1) is 0 Å². The molecule has 1 rings (SSSR count). The standard InChI is InChI=1S/C10H11ClO/c1-12-10-7-3-2-5-9(10)6-4-8-11/h2-5,7-8H,6H2,1H3. The maximum Gasteiger partial charge on any atom is 0.122 e. The van der Waals surface area contributed by atoms with Crippen LogP contribution in [0.15, 0.2) is 35.9 Å². The van der Waals surface area contributed by atoms with Crippen LogP contribution in [0, 0.1) is 0 Å². The number of para-hydroxylation sites is 1. The lowest BCUT2D eigenvalue weighted by Gasteiger charge is -2.04. The topological polar surface area (TPSA) is 9.23 Å². The zero-order valence-corrected chi connectivity index (χ0v) is 7.71. The second-order valence-electron chi connectivity index (χ2n) is 2.38. The monoisotopic (exact) mass is 182 g/mol. The van der Waals surface area contributed by atoms with E-state index in [0.29, 0.717) is 0 Å². The molecule has 0 saturated carbocycles. The van der Waals surface area contributed by atoms with Crippen LogP contribution in [0.25, 0.3) is 0 Å². The number of methoxy groups -OCH3 is 1. The second kappa shape index (κ2) is 4.83. The van der Waals surface area contributed by atoms with Crippen LogP contribution in [0.2, 0.25) is 0 Å². The van der Waals surface area contributed by atoms with Crippen LogP contribution in [0.4, 0.5) is 0 Å². The van der Waals surface area contributed by atoms with Crippen LogP contribution < -0.4 is 4.74 Å². The van der Waals surface area contributed by atoms with Crippen molar-refractivity contribution in [2.45, 2.75) is 6.42 Å². The molecule has 64 valence electrons. The summed E-state index contributed by atoms with van der Waals surface area (Å²) in [4.78, 5) is 0. The van der Waals surface area contributed by atoms with Crippen molar-refractivity contribution < 1.29 is 4.74 Å². The minimum absolute atomic E-state index is 0.813. The lowest BCUT2D eigenvalue weighted by molar-refractivity contribution is 0.410. The average Bonchev–Trinajstić information content (AvgIpc) is 2.15. The van der Waals surface area contributed by atoms with E-state index in [4.69, 9.17) is 16.3 Å². The molecule has 0 atom stereocenters. The van der Waals surface area contributed by atoms with Gasteiger partial charge in [0.05, 0.1) is 7.11 Å². The first-order valence-corrected chi connectivity index (χ1v) is 4.19. The molecule has 0 heterocycles. The summed E-state index contributed by atoms with van der Waals surface area (Å²) >= 11 is 5.43. The Bertz CT molecular complexity index is 268. The molecule has 0 aliphatic carbocycles. The summed E-state index contributed by atoms with van der Waals surface area (Å²) in [5, 5.41) is 0. The molecule has 1 nitrogen and oxygen atoms in total. The Labute approximate surface area is 77.6 Å². The Balaban J connectivity index is 2.81. The SMILES string of the molecule is COc1ccccc1CC=CCl. The van der Waals surface area contributed by atoms with E-state index < -0.39 is 0 Å². The van der Waals surface area contributed by atoms with E-state index in [1.807, 2.05) is 30.3 Å². The fourth-order valence-electron chi connectivity index (χ4n) is 1.04. The number of halogens is 1. The number of ether oxygens (including phenoxy) is 1. The van der Waals surface area contributed by atoms with Crippen LogP contribution >= 0.6 is 11.6 Å². The Morgan fingerprint density at radius 2 is 2.17 bits per heavy atom. The summed E-state index contributed by atoms with van der Waals surface area (Å²) in [6.45, 7) is 0. The van der Waals surface area contributed by atoms with Crippen molar-refractivity contribution in [2.75, 3.05) is 7.11 Å². The number of allylic oxidation sites excluding steroid dienone is 1. The molecule has 0 aliphatic heterocycles. The molecule has 0 radical (unpaired) electrons. The first-order valence-electron chi connectivity index (χ1n) is 3.75. The molecule has 0 aromatic heterocycles. The third-order valence-electron chi connectivity index (χ3n) is 1.62. The highest BCUT2D eigenvalue weighted by atomic mass is 35.5. The van der Waals surface area contributed by atoms with Crippen LogP contribution in [0.1, 0.15) is 5.56 Å². The highest BCUT2D eigenvalue weighted by molar-refractivity contribution is 6.25. The molecule has 0 amide bonds. The van der Waals surface area contributed by atoms with Crippen molar-refractivity contribution in [1.29, 1.82) is 0 Å². The summed E-state index contributed by atoms with van der Waals surface area (Å²) in [6.07, 6.45) is 2.70. The van der Waals surface area contributed by atoms with Crippen LogP contribution in [-0.2, 0) is 6.42 Å². The van der Waals surface area contributed by atoms with Crippen molar-refractivity contribution in [3.63, 3.8) is 0 Å². The van der Waals surface area contributed by atoms with Gasteiger partial charge in [0.25, 0.3) is 0 Å². The van der Waals surface area contributed by atoms with Gasteiger partial charge in [0, 0.05) is 5.54 Å². The first kappa shape index (κ1) is 9.14. The molecule has 0 saturated heterocycles. The van der Waals surface area contributed by atoms with Crippen LogP contribution in [0.3, 0.4) is 0 Å². The normalized spacial score (nSPS) is 10.5. The quantitative estimate of drug-likeness (QED) is 0.699. The van der Waals surface area contributed by atoms with Gasteiger partial charge in [-0.3, -0.25) is 0 Å². The zero-order valence-electron chi connectivity index (χ0n) is 6.96. The van der Waals surface area contributed by atoms with E-state index in [1.165, 1.54) is 5.54 Å². The van der Waals surface area contributed by atoms with E-state index in [1.54, 1.807) is 7.11 Å². The minimum atomic E-state index is 0.813. The van der Waals surface area contributed by atoms with Gasteiger partial charge in [-0.1, -0.05) is 35.9 Å². The largest absolute Gasteiger partial charge is 0.496 e. The molecule has 0 bridgehead atoms. The maximum absolute atomic E-state index is 5.43. The molecule has 0 unspecified atom stereocenters. The Kier molecular flexibility index (Phi) is 3.68. The van der Waals surface area contributed by atoms with Gasteiger partial charge in [-0.2, -0.15) is 0 Å². The third-order valence-corrected chi connectivity index (χ3v) is 1.80. The van der Waals surface area contributed by atoms with Crippen molar-refractivity contribution in [2.24, 2.45) is 0 Å². The third kappa shape index (κ3) is 2.28. The molecule has 1 aromatic rings. The summed E-state index contributed by atoms with van der Waals surface area (Å²) in [5.74, 6) is 0.910. The highest BCUT2D eigenvalue weighted by Crippen LogP contribution is 2.17. The summed E-state index contributed by atoms with van der Waals surface area (Å²) in [5.41, 5.74) is 2.67. The maximum atomic E-state index is 5.43. The molecule has 1 aromatic carbocycles. The van der Waals surface area contributed by atoms with Gasteiger partial charge in [0.15, 0.2) is 0 Å². The summed E-state index contributed by atoms with van der Waals surface area (Å²) in [6, 6.07) is 7.90. The van der Waals surface area contributed by atoms with E-state index in [2.05, 4.69) is 0 Å². The van der Waals surface area contributed by atoms with Gasteiger partial charge < -0.3 is 4.74 Å². The molecule has 12 heavy (non-hydrogen) atoms. The van der Waals surface area contributed by atoms with E-state index >= 15 is 0 Å². The molecule has 0 spiro atoms. The van der Waals surface area contributed by atoms with E-state index in [9.17, 15) is 0 Å². The molecular formula is C10H11ClO. The van der Waals surface area contributed by atoms with Gasteiger partial charge in [0.2, 0.25) is 0 Å². The predicted molar refractivity (Wildman–Crippen MR) is 51.7 cm³/mol. The lowest BCUT2D eigenvalue weighted by Crippen LogP contribution is -1.89. The van der Waals surface area contributed by atoms with E-state index in [-0.39, 0.29) is 0 Å². The molecule has 2 heteroatoms. The zero-order chi connectivity index (χ0) is 8.81. The minimum Gasteiger partial charge on any atom is -0.496 e. The van der Waals surface area contributed by atoms with Crippen molar-refractivity contribution in [1.82, 2.24) is 0 Å². The summed E-state index contributed by atoms with van der Waals surface area (Å²) < 4.78 is 5.17. The van der Waals surface area contributed by atoms with Crippen molar-refractivity contribution >= 4 is 11.6 Å². The molecule has 0 fully saturated rings. The molecule has 0 aliphatic rings. The van der Waals surface area contributed by atoms with Gasteiger partial charge in [-0.25, -0.2) is 0 Å². The Morgan fingerprint density at radius 1 is 1.42 bits per heavy atom. The number of hydrogen-bond donors (Lipinski definition) is 0. The van der Waals surface area contributed by atoms with Gasteiger partial charge in [0.1, 0.15) is 5.75 Å². The van der Waals surface area contributed by atoms with E-state index in [0.717, 1.165) is 17.7 Å². The average molecular weight is 183 g/mol. The van der Waals surface area contributed by atoms with Gasteiger partial charge in [-0.05, 0) is 18.1 Å². The molecule has 0 N–H and O–H groups in total. The second-order valence-corrected chi connectivity index (χ2v) is 2.63. The Morgan fingerprint density at radius 3 is 2.83 bits per heavy atom.